The molecule has 4 nitrogen and oxygen atoms in total. The molecule has 1 saturated carbocycles. The number of hydrogen-bond acceptors (Lipinski definition) is 2. The van der Waals surface area contributed by atoms with Gasteiger partial charge in [0.1, 0.15) is 0 Å². The molecule has 0 aromatic carbocycles. The largest absolute Gasteiger partial charge is 0.481 e. The minimum absolute atomic E-state index is 0.0744. The molecule has 0 spiro atoms. The van der Waals surface area contributed by atoms with Gasteiger partial charge in [-0.3, -0.25) is 9.59 Å². The van der Waals surface area contributed by atoms with Crippen molar-refractivity contribution >= 4 is 11.9 Å². The molecular weight excluding hydrogens is 230 g/mol. The van der Waals surface area contributed by atoms with Crippen LogP contribution in [-0.2, 0) is 9.59 Å². The van der Waals surface area contributed by atoms with Crippen LogP contribution in [0.1, 0.15) is 46.5 Å². The van der Waals surface area contributed by atoms with E-state index in [1.54, 1.807) is 0 Å². The molecular formula is C14H25NO3. The van der Waals surface area contributed by atoms with Gasteiger partial charge in [0, 0.05) is 6.54 Å². The maximum Gasteiger partial charge on any atom is 0.307 e. The van der Waals surface area contributed by atoms with E-state index in [0.29, 0.717) is 31.2 Å². The van der Waals surface area contributed by atoms with Crippen LogP contribution in [0.15, 0.2) is 0 Å². The number of carbonyl (C=O) groups is 2. The van der Waals surface area contributed by atoms with Crippen LogP contribution in [0.2, 0.25) is 0 Å². The van der Waals surface area contributed by atoms with Gasteiger partial charge < -0.3 is 10.4 Å². The minimum Gasteiger partial charge on any atom is -0.481 e. The van der Waals surface area contributed by atoms with Gasteiger partial charge in [-0.1, -0.05) is 33.6 Å². The molecule has 0 aromatic heterocycles. The van der Waals surface area contributed by atoms with Crippen molar-refractivity contribution in [1.82, 2.24) is 5.32 Å². The Labute approximate surface area is 109 Å². The first-order valence-electron chi connectivity index (χ1n) is 6.94. The van der Waals surface area contributed by atoms with Crippen LogP contribution in [0.25, 0.3) is 0 Å². The summed E-state index contributed by atoms with van der Waals surface area (Å²) in [6.45, 7) is 6.98. The molecule has 1 fully saturated rings. The van der Waals surface area contributed by atoms with Crippen molar-refractivity contribution in [2.75, 3.05) is 6.54 Å². The molecule has 2 N–H and O–H groups in total. The van der Waals surface area contributed by atoms with E-state index in [2.05, 4.69) is 26.1 Å². The van der Waals surface area contributed by atoms with E-state index in [9.17, 15) is 9.59 Å². The second-order valence-corrected chi connectivity index (χ2v) is 5.80. The van der Waals surface area contributed by atoms with Crippen LogP contribution in [0, 0.1) is 23.7 Å². The fourth-order valence-electron chi connectivity index (χ4n) is 2.37. The van der Waals surface area contributed by atoms with Gasteiger partial charge in [0.15, 0.2) is 0 Å². The number of rotatable bonds is 5. The number of hydrogen-bond donors (Lipinski definition) is 2. The first kappa shape index (κ1) is 15.0. The van der Waals surface area contributed by atoms with Crippen molar-refractivity contribution in [3.05, 3.63) is 0 Å². The lowest BCUT2D eigenvalue weighted by molar-refractivity contribution is -0.148. The Morgan fingerprint density at radius 2 is 1.72 bits per heavy atom. The maximum absolute atomic E-state index is 12.1. The lowest BCUT2D eigenvalue weighted by Crippen LogP contribution is -2.41. The predicted octanol–water partition coefficient (Wildman–Crippen LogP) is 2.29. The topological polar surface area (TPSA) is 66.4 Å². The standard InChI is InChI=1S/C14H25NO3/c1-9(2)10(3)8-15-13(16)11-6-4-5-7-12(11)14(17)18/h9-12H,4-8H2,1-3H3,(H,15,16)(H,17,18). The van der Waals surface area contributed by atoms with Gasteiger partial charge in [-0.05, 0) is 24.7 Å². The zero-order chi connectivity index (χ0) is 13.7. The molecule has 3 unspecified atom stereocenters. The summed E-state index contributed by atoms with van der Waals surface area (Å²) in [5.74, 6) is -0.794. The van der Waals surface area contributed by atoms with Crippen LogP contribution >= 0.6 is 0 Å². The van der Waals surface area contributed by atoms with Crippen LogP contribution < -0.4 is 5.32 Å². The highest BCUT2D eigenvalue weighted by Crippen LogP contribution is 2.30. The van der Waals surface area contributed by atoms with Gasteiger partial charge in [-0.15, -0.1) is 0 Å². The predicted molar refractivity (Wildman–Crippen MR) is 70.1 cm³/mol. The molecule has 0 bridgehead atoms. The quantitative estimate of drug-likeness (QED) is 0.792. The SMILES string of the molecule is CC(C)C(C)CNC(=O)C1CCCCC1C(=O)O. The molecule has 18 heavy (non-hydrogen) atoms. The summed E-state index contributed by atoms with van der Waals surface area (Å²) in [5.41, 5.74) is 0. The number of amides is 1. The molecule has 104 valence electrons. The van der Waals surface area contributed by atoms with Crippen LogP contribution in [0.4, 0.5) is 0 Å². The fraction of sp³-hybridized carbons (Fsp3) is 0.857. The third-order valence-electron chi connectivity index (χ3n) is 4.16. The smallest absolute Gasteiger partial charge is 0.307 e. The Hall–Kier alpha value is -1.06. The molecule has 0 heterocycles. The Bertz CT molecular complexity index is 301. The highest BCUT2D eigenvalue weighted by atomic mass is 16.4. The first-order chi connectivity index (χ1) is 8.43. The second-order valence-electron chi connectivity index (χ2n) is 5.80. The van der Waals surface area contributed by atoms with Crippen molar-refractivity contribution in [3.8, 4) is 0 Å². The van der Waals surface area contributed by atoms with Crippen LogP contribution in [0.3, 0.4) is 0 Å². The second kappa shape index (κ2) is 6.76. The summed E-state index contributed by atoms with van der Waals surface area (Å²) in [4.78, 5) is 23.2. The van der Waals surface area contributed by atoms with Gasteiger partial charge in [-0.2, -0.15) is 0 Å². The van der Waals surface area contributed by atoms with Gasteiger partial charge in [0.25, 0.3) is 0 Å². The molecule has 1 aliphatic carbocycles. The van der Waals surface area contributed by atoms with E-state index >= 15 is 0 Å². The highest BCUT2D eigenvalue weighted by Gasteiger charge is 2.35. The molecule has 4 heteroatoms. The highest BCUT2D eigenvalue weighted by molar-refractivity contribution is 5.84. The number of nitrogens with one attached hydrogen (secondary N) is 1. The van der Waals surface area contributed by atoms with E-state index in [1.165, 1.54) is 0 Å². The molecule has 1 aliphatic rings. The fourth-order valence-corrected chi connectivity index (χ4v) is 2.37. The van der Waals surface area contributed by atoms with E-state index in [0.717, 1.165) is 12.8 Å². The monoisotopic (exact) mass is 255 g/mol. The van der Waals surface area contributed by atoms with Gasteiger partial charge in [0.05, 0.1) is 11.8 Å². The molecule has 0 radical (unpaired) electrons. The van der Waals surface area contributed by atoms with Gasteiger partial charge in [0.2, 0.25) is 5.91 Å². The zero-order valence-electron chi connectivity index (χ0n) is 11.6. The number of carboxylic acids is 1. The lowest BCUT2D eigenvalue weighted by atomic mass is 9.78. The van der Waals surface area contributed by atoms with Crippen molar-refractivity contribution in [2.45, 2.75) is 46.5 Å². The van der Waals surface area contributed by atoms with E-state index in [1.807, 2.05) is 0 Å². The van der Waals surface area contributed by atoms with E-state index < -0.39 is 11.9 Å². The molecule has 1 rings (SSSR count). The summed E-state index contributed by atoms with van der Waals surface area (Å²) in [5, 5.41) is 12.1. The third kappa shape index (κ3) is 4.00. The Kier molecular flexibility index (Phi) is 5.63. The maximum atomic E-state index is 12.1. The van der Waals surface area contributed by atoms with Gasteiger partial charge in [-0.25, -0.2) is 0 Å². The third-order valence-corrected chi connectivity index (χ3v) is 4.16. The van der Waals surface area contributed by atoms with Crippen molar-refractivity contribution < 1.29 is 14.7 Å². The molecule has 0 aliphatic heterocycles. The van der Waals surface area contributed by atoms with Crippen LogP contribution in [0.5, 0.6) is 0 Å². The average Bonchev–Trinajstić information content (AvgIpc) is 2.35. The van der Waals surface area contributed by atoms with Gasteiger partial charge >= 0.3 is 5.97 Å². The Morgan fingerprint density at radius 3 is 2.22 bits per heavy atom. The number of carboxylic acid groups (broad SMARTS) is 1. The summed E-state index contributed by atoms with van der Waals surface area (Å²) < 4.78 is 0. The zero-order valence-corrected chi connectivity index (χ0v) is 11.6. The summed E-state index contributed by atoms with van der Waals surface area (Å²) in [6, 6.07) is 0. The molecule has 1 amide bonds. The normalized spacial score (nSPS) is 25.8. The lowest BCUT2D eigenvalue weighted by Gasteiger charge is -2.28. The summed E-state index contributed by atoms with van der Waals surface area (Å²) >= 11 is 0. The Morgan fingerprint density at radius 1 is 1.17 bits per heavy atom. The van der Waals surface area contributed by atoms with Crippen molar-refractivity contribution in [2.24, 2.45) is 23.7 Å². The average molecular weight is 255 g/mol. The minimum atomic E-state index is -0.827. The molecule has 0 saturated heterocycles. The number of aliphatic carboxylic acids is 1. The summed E-state index contributed by atoms with van der Waals surface area (Å²) in [6.07, 6.45) is 3.22. The summed E-state index contributed by atoms with van der Waals surface area (Å²) in [7, 11) is 0. The van der Waals surface area contributed by atoms with Crippen LogP contribution in [-0.4, -0.2) is 23.5 Å². The number of carbonyl (C=O) groups excluding carboxylic acids is 1. The molecule has 3 atom stereocenters. The first-order valence-corrected chi connectivity index (χ1v) is 6.94. The molecule has 0 aromatic rings. The van der Waals surface area contributed by atoms with E-state index in [4.69, 9.17) is 5.11 Å². The van der Waals surface area contributed by atoms with E-state index in [-0.39, 0.29) is 11.8 Å². The van der Waals surface area contributed by atoms with Crippen molar-refractivity contribution in [1.29, 1.82) is 0 Å². The Balaban J connectivity index is 2.51. The van der Waals surface area contributed by atoms with Crippen molar-refractivity contribution in [3.63, 3.8) is 0 Å².